The van der Waals surface area contributed by atoms with Crippen molar-refractivity contribution < 1.29 is 8.81 Å². The Bertz CT molecular complexity index is 527. The quantitative estimate of drug-likeness (QED) is 0.863. The Hall–Kier alpha value is -1.33. The lowest BCUT2D eigenvalue weighted by Crippen LogP contribution is -2.23. The molecule has 0 aliphatic heterocycles. The molecule has 0 radical (unpaired) electrons. The first kappa shape index (κ1) is 13.1. The summed E-state index contributed by atoms with van der Waals surface area (Å²) in [5.41, 5.74) is 7.31. The highest BCUT2D eigenvalue weighted by molar-refractivity contribution is 7.99. The van der Waals surface area contributed by atoms with E-state index < -0.39 is 0 Å². The van der Waals surface area contributed by atoms with Gasteiger partial charge in [-0.1, -0.05) is 30.0 Å². The lowest BCUT2D eigenvalue weighted by atomic mass is 10.1. The summed E-state index contributed by atoms with van der Waals surface area (Å²) in [6.45, 7) is 3.69. The van der Waals surface area contributed by atoms with Gasteiger partial charge in [0.05, 0.1) is 10.9 Å². The lowest BCUT2D eigenvalue weighted by Gasteiger charge is -2.19. The van der Waals surface area contributed by atoms with Crippen LogP contribution in [0.25, 0.3) is 0 Å². The molecule has 0 spiro atoms. The number of nitrogens with two attached hydrogens (primary N) is 1. The molecule has 5 heteroatoms. The zero-order valence-electron chi connectivity index (χ0n) is 10.3. The molecule has 0 fully saturated rings. The summed E-state index contributed by atoms with van der Waals surface area (Å²) in [6.07, 6.45) is 1.57. The average molecular weight is 266 g/mol. The predicted octanol–water partition coefficient (Wildman–Crippen LogP) is 3.30. The van der Waals surface area contributed by atoms with Gasteiger partial charge in [-0.15, -0.1) is 0 Å². The summed E-state index contributed by atoms with van der Waals surface area (Å²) in [7, 11) is 0. The maximum Gasteiger partial charge on any atom is 0.256 e. The van der Waals surface area contributed by atoms with E-state index in [0.29, 0.717) is 10.8 Å². The molecule has 0 saturated heterocycles. The maximum atomic E-state index is 13.8. The molecule has 1 aromatic carbocycles. The average Bonchev–Trinajstić information content (AvgIpc) is 2.73. The van der Waals surface area contributed by atoms with Crippen molar-refractivity contribution in [3.63, 3.8) is 0 Å². The lowest BCUT2D eigenvalue weighted by molar-refractivity contribution is 0.451. The molecule has 2 aromatic rings. The van der Waals surface area contributed by atoms with Crippen LogP contribution in [0.3, 0.4) is 0 Å². The molecule has 0 aliphatic carbocycles. The number of rotatable bonds is 4. The van der Waals surface area contributed by atoms with E-state index in [1.807, 2.05) is 13.8 Å². The van der Waals surface area contributed by atoms with E-state index in [1.54, 1.807) is 24.5 Å². The van der Waals surface area contributed by atoms with Crippen molar-refractivity contribution in [3.05, 3.63) is 47.6 Å². The van der Waals surface area contributed by atoms with Crippen LogP contribution in [-0.2, 0) is 0 Å². The largest absolute Gasteiger partial charge is 0.440 e. The van der Waals surface area contributed by atoms with Gasteiger partial charge in [-0.05, 0) is 19.9 Å². The molecule has 0 saturated carbocycles. The summed E-state index contributed by atoms with van der Waals surface area (Å²) in [5.74, 6) is -0.254. The number of thioether (sulfide) groups is 1. The molecule has 1 heterocycles. The first-order valence-electron chi connectivity index (χ1n) is 5.66. The minimum Gasteiger partial charge on any atom is -0.440 e. The van der Waals surface area contributed by atoms with Gasteiger partial charge in [-0.25, -0.2) is 9.37 Å². The van der Waals surface area contributed by atoms with E-state index in [2.05, 4.69) is 4.98 Å². The van der Waals surface area contributed by atoms with Crippen LogP contribution >= 0.6 is 11.8 Å². The Kier molecular flexibility index (Phi) is 4.04. The zero-order valence-corrected chi connectivity index (χ0v) is 11.1. The van der Waals surface area contributed by atoms with E-state index >= 15 is 0 Å². The summed E-state index contributed by atoms with van der Waals surface area (Å²) < 4.78 is 19.1. The highest BCUT2D eigenvalue weighted by atomic mass is 32.2. The molecule has 2 rings (SSSR count). The van der Waals surface area contributed by atoms with Crippen molar-refractivity contribution in [2.24, 2.45) is 5.73 Å². The highest BCUT2D eigenvalue weighted by Gasteiger charge is 2.22. The fourth-order valence-corrected chi connectivity index (χ4v) is 2.71. The Morgan fingerprint density at radius 2 is 2.11 bits per heavy atom. The third kappa shape index (κ3) is 2.91. The van der Waals surface area contributed by atoms with Crippen LogP contribution in [0.1, 0.15) is 23.4 Å². The Morgan fingerprint density at radius 1 is 1.39 bits per heavy atom. The first-order chi connectivity index (χ1) is 8.58. The van der Waals surface area contributed by atoms with Gasteiger partial charge < -0.3 is 10.2 Å². The van der Waals surface area contributed by atoms with Crippen molar-refractivity contribution in [1.82, 2.24) is 4.98 Å². The summed E-state index contributed by atoms with van der Waals surface area (Å²) in [6, 6.07) is 6.43. The SMILES string of the molecule is Cc1coc(SC(c2ccccc2F)C(C)N)n1. The standard InChI is InChI=1S/C13H15FN2OS/c1-8-7-17-13(16-8)18-12(9(2)15)10-5-3-4-6-11(10)14/h3-7,9,12H,15H2,1-2H3. The Labute approximate surface area is 110 Å². The van der Waals surface area contributed by atoms with Gasteiger partial charge >= 0.3 is 0 Å². The third-order valence-corrected chi connectivity index (χ3v) is 3.84. The minimum atomic E-state index is -0.254. The number of nitrogens with zero attached hydrogens (tertiary/aromatic N) is 1. The minimum absolute atomic E-state index is 0.209. The van der Waals surface area contributed by atoms with Crippen LogP contribution in [-0.4, -0.2) is 11.0 Å². The van der Waals surface area contributed by atoms with E-state index in [9.17, 15) is 4.39 Å². The number of halogens is 1. The van der Waals surface area contributed by atoms with Gasteiger partial charge in [0.2, 0.25) is 0 Å². The highest BCUT2D eigenvalue weighted by Crippen LogP contribution is 2.37. The topological polar surface area (TPSA) is 52.0 Å². The van der Waals surface area contributed by atoms with Gasteiger partial charge in [0.25, 0.3) is 5.22 Å². The second-order valence-corrected chi connectivity index (χ2v) is 5.27. The van der Waals surface area contributed by atoms with Crippen molar-refractivity contribution in [1.29, 1.82) is 0 Å². The van der Waals surface area contributed by atoms with E-state index in [-0.39, 0.29) is 17.1 Å². The van der Waals surface area contributed by atoms with Gasteiger partial charge in [0.1, 0.15) is 12.1 Å². The number of aryl methyl sites for hydroxylation is 1. The van der Waals surface area contributed by atoms with Gasteiger partial charge in [0.15, 0.2) is 0 Å². The van der Waals surface area contributed by atoms with Crippen molar-refractivity contribution in [2.45, 2.75) is 30.4 Å². The number of oxazole rings is 1. The van der Waals surface area contributed by atoms with E-state index in [1.165, 1.54) is 17.8 Å². The van der Waals surface area contributed by atoms with Crippen molar-refractivity contribution >= 4 is 11.8 Å². The number of aromatic nitrogens is 1. The normalized spacial score (nSPS) is 14.4. The predicted molar refractivity (Wildman–Crippen MR) is 69.9 cm³/mol. The molecule has 1 aromatic heterocycles. The number of hydrogen-bond donors (Lipinski definition) is 1. The second-order valence-electron chi connectivity index (χ2n) is 4.17. The van der Waals surface area contributed by atoms with Crippen LogP contribution in [0.4, 0.5) is 4.39 Å². The van der Waals surface area contributed by atoms with Crippen molar-refractivity contribution in [3.8, 4) is 0 Å². The summed E-state index contributed by atoms with van der Waals surface area (Å²) >= 11 is 1.34. The fourth-order valence-electron chi connectivity index (χ4n) is 1.66. The molecular weight excluding hydrogens is 251 g/mol. The van der Waals surface area contributed by atoms with Gasteiger partial charge in [0, 0.05) is 11.6 Å². The molecule has 2 atom stereocenters. The third-order valence-electron chi connectivity index (χ3n) is 2.52. The molecule has 3 nitrogen and oxygen atoms in total. The van der Waals surface area contributed by atoms with E-state index in [4.69, 9.17) is 10.2 Å². The number of benzene rings is 1. The molecule has 0 amide bonds. The second kappa shape index (κ2) is 5.54. The molecule has 96 valence electrons. The van der Waals surface area contributed by atoms with Gasteiger partial charge in [-0.3, -0.25) is 0 Å². The fraction of sp³-hybridized carbons (Fsp3) is 0.308. The molecule has 0 aliphatic rings. The molecular formula is C13H15FN2OS. The molecule has 18 heavy (non-hydrogen) atoms. The maximum absolute atomic E-state index is 13.8. The van der Waals surface area contributed by atoms with Crippen LogP contribution in [0.5, 0.6) is 0 Å². The summed E-state index contributed by atoms with van der Waals surface area (Å²) in [5, 5.41) is 0.294. The zero-order chi connectivity index (χ0) is 13.1. The monoisotopic (exact) mass is 266 g/mol. The van der Waals surface area contributed by atoms with Crippen molar-refractivity contribution in [2.75, 3.05) is 0 Å². The Morgan fingerprint density at radius 3 is 2.67 bits per heavy atom. The Balaban J connectivity index is 2.27. The van der Waals surface area contributed by atoms with Crippen LogP contribution in [0.15, 0.2) is 40.2 Å². The molecule has 2 N–H and O–H groups in total. The van der Waals surface area contributed by atoms with Crippen LogP contribution < -0.4 is 5.73 Å². The van der Waals surface area contributed by atoms with Crippen LogP contribution in [0.2, 0.25) is 0 Å². The van der Waals surface area contributed by atoms with Crippen LogP contribution in [0, 0.1) is 12.7 Å². The molecule has 0 bridgehead atoms. The smallest absolute Gasteiger partial charge is 0.256 e. The van der Waals surface area contributed by atoms with E-state index in [0.717, 1.165) is 5.69 Å². The van der Waals surface area contributed by atoms with Gasteiger partial charge in [-0.2, -0.15) is 0 Å². The number of hydrogen-bond acceptors (Lipinski definition) is 4. The molecule has 2 unspecified atom stereocenters. The summed E-state index contributed by atoms with van der Waals surface area (Å²) in [4.78, 5) is 4.21. The first-order valence-corrected chi connectivity index (χ1v) is 6.54.